The molecule has 0 aliphatic carbocycles. The third-order valence-electron chi connectivity index (χ3n) is 3.82. The molecule has 1 aliphatic rings. The van der Waals surface area contributed by atoms with Crippen LogP contribution in [0, 0.1) is 0 Å². The Morgan fingerprint density at radius 2 is 1.95 bits per heavy atom. The number of rotatable bonds is 5. The molecular weight excluding hydrogens is 240 g/mol. The van der Waals surface area contributed by atoms with Gasteiger partial charge < -0.3 is 19.6 Å². The molecule has 4 heteroatoms. The van der Waals surface area contributed by atoms with Crippen molar-refractivity contribution in [3.8, 4) is 11.5 Å². The molecule has 19 heavy (non-hydrogen) atoms. The first-order chi connectivity index (χ1) is 9.20. The van der Waals surface area contributed by atoms with Crippen LogP contribution in [0.25, 0.3) is 0 Å². The first-order valence-electron chi connectivity index (χ1n) is 6.96. The van der Waals surface area contributed by atoms with Gasteiger partial charge >= 0.3 is 0 Å². The van der Waals surface area contributed by atoms with Crippen LogP contribution in [-0.4, -0.2) is 61.8 Å². The number of benzene rings is 1. The Hall–Kier alpha value is -1.26. The smallest absolute Gasteiger partial charge is 0.160 e. The third-order valence-corrected chi connectivity index (χ3v) is 3.82. The van der Waals surface area contributed by atoms with Crippen molar-refractivity contribution < 1.29 is 9.84 Å². The van der Waals surface area contributed by atoms with Crippen molar-refractivity contribution >= 4 is 0 Å². The summed E-state index contributed by atoms with van der Waals surface area (Å²) in [5.41, 5.74) is 0.980. The maximum absolute atomic E-state index is 10.0. The van der Waals surface area contributed by atoms with Gasteiger partial charge in [0.25, 0.3) is 0 Å². The summed E-state index contributed by atoms with van der Waals surface area (Å²) >= 11 is 0. The van der Waals surface area contributed by atoms with Crippen LogP contribution in [0.1, 0.15) is 12.0 Å². The molecule has 106 valence electrons. The summed E-state index contributed by atoms with van der Waals surface area (Å²) in [5.74, 6) is 0.862. The number of likely N-dealkylation sites (N-methyl/N-ethyl adjacent to an activating group) is 1. The van der Waals surface area contributed by atoms with Gasteiger partial charge in [0.15, 0.2) is 11.5 Å². The number of methoxy groups -OCH3 is 1. The minimum Gasteiger partial charge on any atom is -0.504 e. The van der Waals surface area contributed by atoms with E-state index >= 15 is 0 Å². The Morgan fingerprint density at radius 3 is 2.63 bits per heavy atom. The fraction of sp³-hybridized carbons (Fsp3) is 0.600. The number of phenols is 1. The minimum atomic E-state index is 0.295. The normalized spacial score (nSPS) is 17.6. The summed E-state index contributed by atoms with van der Waals surface area (Å²) in [6.45, 7) is 5.72. The molecular formula is C15H24N2O2. The van der Waals surface area contributed by atoms with E-state index in [1.807, 2.05) is 12.1 Å². The quantitative estimate of drug-likeness (QED) is 0.876. The molecule has 1 N–H and O–H groups in total. The Bertz CT molecular complexity index is 401. The molecule has 1 heterocycles. The van der Waals surface area contributed by atoms with E-state index in [1.54, 1.807) is 13.2 Å². The molecule has 0 spiro atoms. The van der Waals surface area contributed by atoms with E-state index in [0.29, 0.717) is 11.5 Å². The largest absolute Gasteiger partial charge is 0.504 e. The highest BCUT2D eigenvalue weighted by Gasteiger charge is 2.13. The predicted octanol–water partition coefficient (Wildman–Crippen LogP) is 1.58. The molecule has 1 aliphatic heterocycles. The molecule has 0 saturated carbocycles. The van der Waals surface area contributed by atoms with Crippen molar-refractivity contribution in [2.45, 2.75) is 12.8 Å². The van der Waals surface area contributed by atoms with E-state index in [-0.39, 0.29) is 0 Å². The maximum atomic E-state index is 10.0. The van der Waals surface area contributed by atoms with Crippen molar-refractivity contribution in [1.29, 1.82) is 0 Å². The van der Waals surface area contributed by atoms with Gasteiger partial charge in [-0.25, -0.2) is 0 Å². The highest BCUT2D eigenvalue weighted by molar-refractivity contribution is 5.45. The second-order valence-electron chi connectivity index (χ2n) is 5.22. The topological polar surface area (TPSA) is 35.9 Å². The Labute approximate surface area is 115 Å². The summed E-state index contributed by atoms with van der Waals surface area (Å²) in [5, 5.41) is 10.0. The van der Waals surface area contributed by atoms with Crippen LogP contribution in [0.15, 0.2) is 18.2 Å². The Morgan fingerprint density at radius 1 is 1.21 bits per heavy atom. The average molecular weight is 264 g/mol. The van der Waals surface area contributed by atoms with Crippen molar-refractivity contribution in [2.24, 2.45) is 0 Å². The summed E-state index contributed by atoms with van der Waals surface area (Å²) in [4.78, 5) is 4.86. The van der Waals surface area contributed by atoms with Gasteiger partial charge in [0.2, 0.25) is 0 Å². The van der Waals surface area contributed by atoms with Crippen LogP contribution in [-0.2, 0) is 6.42 Å². The SMILES string of the molecule is COc1cccc(CCCN2CCN(C)CC2)c1O. The number of aryl methyl sites for hydroxylation is 1. The van der Waals surface area contributed by atoms with Crippen molar-refractivity contribution in [2.75, 3.05) is 46.9 Å². The fourth-order valence-electron chi connectivity index (χ4n) is 2.50. The number of phenolic OH excluding ortho intramolecular Hbond substituents is 1. The minimum absolute atomic E-state index is 0.295. The van der Waals surface area contributed by atoms with Gasteiger partial charge in [0.1, 0.15) is 0 Å². The van der Waals surface area contributed by atoms with E-state index in [9.17, 15) is 5.11 Å². The first-order valence-corrected chi connectivity index (χ1v) is 6.96. The number of hydrogen-bond acceptors (Lipinski definition) is 4. The van der Waals surface area contributed by atoms with Crippen molar-refractivity contribution in [3.05, 3.63) is 23.8 Å². The predicted molar refractivity (Wildman–Crippen MR) is 76.9 cm³/mol. The Kier molecular flexibility index (Phi) is 5.05. The number of ether oxygens (including phenoxy) is 1. The maximum Gasteiger partial charge on any atom is 0.160 e. The average Bonchev–Trinajstić information content (AvgIpc) is 2.43. The van der Waals surface area contributed by atoms with Gasteiger partial charge in [-0.15, -0.1) is 0 Å². The molecule has 2 rings (SSSR count). The summed E-state index contributed by atoms with van der Waals surface area (Å²) in [6, 6.07) is 5.70. The molecule has 0 atom stereocenters. The zero-order valence-corrected chi connectivity index (χ0v) is 11.9. The highest BCUT2D eigenvalue weighted by Crippen LogP contribution is 2.30. The molecule has 1 aromatic carbocycles. The molecule has 0 aromatic heterocycles. The molecule has 0 radical (unpaired) electrons. The van der Waals surface area contributed by atoms with Gasteiger partial charge in [0.05, 0.1) is 7.11 Å². The van der Waals surface area contributed by atoms with Gasteiger partial charge in [-0.3, -0.25) is 0 Å². The van der Waals surface area contributed by atoms with Gasteiger partial charge in [-0.05, 0) is 38.1 Å². The summed E-state index contributed by atoms with van der Waals surface area (Å²) in [7, 11) is 3.76. The molecule has 1 aromatic rings. The van der Waals surface area contributed by atoms with Gasteiger partial charge in [0, 0.05) is 26.2 Å². The number of para-hydroxylation sites is 1. The molecule has 0 amide bonds. The van der Waals surface area contributed by atoms with Gasteiger partial charge in [-0.2, -0.15) is 0 Å². The second kappa shape index (κ2) is 6.78. The summed E-state index contributed by atoms with van der Waals surface area (Å²) < 4.78 is 5.13. The lowest BCUT2D eigenvalue weighted by Crippen LogP contribution is -2.44. The fourth-order valence-corrected chi connectivity index (χ4v) is 2.50. The number of nitrogens with zero attached hydrogens (tertiary/aromatic N) is 2. The molecule has 1 saturated heterocycles. The zero-order chi connectivity index (χ0) is 13.7. The number of aromatic hydroxyl groups is 1. The van der Waals surface area contributed by atoms with Crippen LogP contribution in [0.2, 0.25) is 0 Å². The highest BCUT2D eigenvalue weighted by atomic mass is 16.5. The lowest BCUT2D eigenvalue weighted by Gasteiger charge is -2.32. The molecule has 0 unspecified atom stereocenters. The van der Waals surface area contributed by atoms with Crippen molar-refractivity contribution in [1.82, 2.24) is 9.80 Å². The lowest BCUT2D eigenvalue weighted by atomic mass is 10.1. The second-order valence-corrected chi connectivity index (χ2v) is 5.22. The van der Waals surface area contributed by atoms with Gasteiger partial charge in [-0.1, -0.05) is 12.1 Å². The van der Waals surface area contributed by atoms with E-state index < -0.39 is 0 Å². The van der Waals surface area contributed by atoms with Crippen LogP contribution < -0.4 is 4.74 Å². The zero-order valence-electron chi connectivity index (χ0n) is 11.9. The van der Waals surface area contributed by atoms with E-state index in [2.05, 4.69) is 16.8 Å². The molecule has 1 fully saturated rings. The summed E-state index contributed by atoms with van der Waals surface area (Å²) in [6.07, 6.45) is 1.97. The molecule has 4 nitrogen and oxygen atoms in total. The van der Waals surface area contributed by atoms with Crippen LogP contribution in [0.5, 0.6) is 11.5 Å². The monoisotopic (exact) mass is 264 g/mol. The van der Waals surface area contributed by atoms with Crippen molar-refractivity contribution in [3.63, 3.8) is 0 Å². The van der Waals surface area contributed by atoms with E-state index in [0.717, 1.165) is 51.1 Å². The third kappa shape index (κ3) is 3.85. The number of piperazine rings is 1. The lowest BCUT2D eigenvalue weighted by molar-refractivity contribution is 0.153. The van der Waals surface area contributed by atoms with Crippen LogP contribution in [0.4, 0.5) is 0 Å². The van der Waals surface area contributed by atoms with Crippen LogP contribution in [0.3, 0.4) is 0 Å². The first kappa shape index (κ1) is 14.2. The Balaban J connectivity index is 1.79. The standard InChI is InChI=1S/C15H24N2O2/c1-16-9-11-17(12-10-16)8-4-6-13-5-3-7-14(19-2)15(13)18/h3,5,7,18H,4,6,8-12H2,1-2H3. The van der Waals surface area contributed by atoms with E-state index in [1.165, 1.54) is 0 Å². The molecule has 0 bridgehead atoms. The van der Waals surface area contributed by atoms with E-state index in [4.69, 9.17) is 4.74 Å². The van der Waals surface area contributed by atoms with Crippen LogP contribution >= 0.6 is 0 Å². The number of hydrogen-bond donors (Lipinski definition) is 1.